The third-order valence-electron chi connectivity index (χ3n) is 2.35. The van der Waals surface area contributed by atoms with Gasteiger partial charge < -0.3 is 9.84 Å². The Bertz CT molecular complexity index is 519. The van der Waals surface area contributed by atoms with Crippen molar-refractivity contribution in [3.05, 3.63) is 21.2 Å². The van der Waals surface area contributed by atoms with Gasteiger partial charge in [-0.05, 0) is 43.4 Å². The Balaban J connectivity index is 2.50. The Morgan fingerprint density at radius 2 is 2.18 bits per heavy atom. The van der Waals surface area contributed by atoms with Crippen LogP contribution in [-0.2, 0) is 0 Å². The van der Waals surface area contributed by atoms with E-state index in [0.29, 0.717) is 5.82 Å². The molecule has 17 heavy (non-hydrogen) atoms. The molecule has 5 nitrogen and oxygen atoms in total. The summed E-state index contributed by atoms with van der Waals surface area (Å²) in [5, 5.41) is 7.12. The summed E-state index contributed by atoms with van der Waals surface area (Å²) < 4.78 is 6.13. The van der Waals surface area contributed by atoms with Gasteiger partial charge in [-0.1, -0.05) is 5.16 Å². The second-order valence-corrected chi connectivity index (χ2v) is 4.78. The van der Waals surface area contributed by atoms with Crippen LogP contribution < -0.4 is 5.32 Å². The molecule has 2 aromatic heterocycles. The molecule has 0 bridgehead atoms. The van der Waals surface area contributed by atoms with E-state index >= 15 is 0 Å². The molecule has 0 aliphatic heterocycles. The number of nitrogens with zero attached hydrogens (tertiary/aromatic N) is 3. The van der Waals surface area contributed by atoms with Gasteiger partial charge in [0.15, 0.2) is 5.82 Å². The van der Waals surface area contributed by atoms with Crippen LogP contribution >= 0.6 is 22.6 Å². The number of halogens is 1. The SMILES string of the molecule is CCNc1nc(-c2c(C)noc2C)ncc1I. The van der Waals surface area contributed by atoms with E-state index in [2.05, 4.69) is 43.0 Å². The van der Waals surface area contributed by atoms with Gasteiger partial charge in [-0.2, -0.15) is 0 Å². The van der Waals surface area contributed by atoms with E-state index in [-0.39, 0.29) is 0 Å². The smallest absolute Gasteiger partial charge is 0.167 e. The van der Waals surface area contributed by atoms with Crippen molar-refractivity contribution in [2.45, 2.75) is 20.8 Å². The first kappa shape index (κ1) is 12.3. The van der Waals surface area contributed by atoms with Gasteiger partial charge in [0.05, 0.1) is 14.8 Å². The predicted octanol–water partition coefficient (Wildman–Crippen LogP) is 2.78. The van der Waals surface area contributed by atoms with Crippen LogP contribution in [0.1, 0.15) is 18.4 Å². The van der Waals surface area contributed by atoms with E-state index in [1.807, 2.05) is 20.8 Å². The van der Waals surface area contributed by atoms with Crippen molar-refractivity contribution < 1.29 is 4.52 Å². The predicted molar refractivity (Wildman–Crippen MR) is 73.9 cm³/mol. The van der Waals surface area contributed by atoms with Crippen molar-refractivity contribution in [3.63, 3.8) is 0 Å². The lowest BCUT2D eigenvalue weighted by Gasteiger charge is -2.06. The molecular weight excluding hydrogens is 331 g/mol. The molecule has 0 aliphatic carbocycles. The maximum atomic E-state index is 5.13. The maximum Gasteiger partial charge on any atom is 0.167 e. The summed E-state index contributed by atoms with van der Waals surface area (Å²) in [5.41, 5.74) is 1.69. The van der Waals surface area contributed by atoms with Crippen LogP contribution in [-0.4, -0.2) is 21.7 Å². The number of hydrogen-bond donors (Lipinski definition) is 1. The first-order valence-corrected chi connectivity index (χ1v) is 6.41. The second-order valence-electron chi connectivity index (χ2n) is 3.62. The Hall–Kier alpha value is -1.18. The summed E-state index contributed by atoms with van der Waals surface area (Å²) in [6, 6.07) is 0. The van der Waals surface area contributed by atoms with Gasteiger partial charge in [-0.25, -0.2) is 9.97 Å². The third-order valence-corrected chi connectivity index (χ3v) is 3.13. The van der Waals surface area contributed by atoms with Crippen molar-refractivity contribution in [2.24, 2.45) is 0 Å². The fraction of sp³-hybridized carbons (Fsp3) is 0.364. The standard InChI is InChI=1S/C11H13IN4O/c1-4-13-10-8(12)5-14-11(15-10)9-6(2)16-17-7(9)3/h5H,4H2,1-3H3,(H,13,14,15). The van der Waals surface area contributed by atoms with Crippen LogP contribution in [0.2, 0.25) is 0 Å². The molecule has 0 aliphatic rings. The van der Waals surface area contributed by atoms with Crippen molar-refractivity contribution in [1.82, 2.24) is 15.1 Å². The van der Waals surface area contributed by atoms with E-state index in [4.69, 9.17) is 4.52 Å². The number of nitrogens with one attached hydrogen (secondary N) is 1. The molecule has 0 saturated carbocycles. The van der Waals surface area contributed by atoms with Crippen LogP contribution in [0.3, 0.4) is 0 Å². The van der Waals surface area contributed by atoms with Crippen LogP contribution in [0, 0.1) is 17.4 Å². The van der Waals surface area contributed by atoms with Gasteiger partial charge in [0.2, 0.25) is 0 Å². The number of aromatic nitrogens is 3. The average molecular weight is 344 g/mol. The Labute approximate surface area is 113 Å². The van der Waals surface area contributed by atoms with Crippen LogP contribution in [0.25, 0.3) is 11.4 Å². The largest absolute Gasteiger partial charge is 0.369 e. The van der Waals surface area contributed by atoms with Crippen LogP contribution in [0.4, 0.5) is 5.82 Å². The van der Waals surface area contributed by atoms with E-state index in [1.165, 1.54) is 0 Å². The lowest BCUT2D eigenvalue weighted by atomic mass is 10.2. The van der Waals surface area contributed by atoms with Gasteiger partial charge in [0, 0.05) is 12.7 Å². The van der Waals surface area contributed by atoms with Crippen LogP contribution in [0.5, 0.6) is 0 Å². The molecule has 2 aromatic rings. The highest BCUT2D eigenvalue weighted by molar-refractivity contribution is 14.1. The monoisotopic (exact) mass is 344 g/mol. The Morgan fingerprint density at radius 3 is 2.76 bits per heavy atom. The van der Waals surface area contributed by atoms with Crippen molar-refractivity contribution in [2.75, 3.05) is 11.9 Å². The third kappa shape index (κ3) is 2.41. The molecule has 0 aromatic carbocycles. The molecule has 90 valence electrons. The van der Waals surface area contributed by atoms with E-state index in [0.717, 1.165) is 33.0 Å². The molecule has 0 amide bonds. The van der Waals surface area contributed by atoms with Crippen molar-refractivity contribution >= 4 is 28.4 Å². The minimum absolute atomic E-state index is 0.651. The highest BCUT2D eigenvalue weighted by atomic mass is 127. The van der Waals surface area contributed by atoms with E-state index < -0.39 is 0 Å². The average Bonchev–Trinajstić information content (AvgIpc) is 2.63. The quantitative estimate of drug-likeness (QED) is 0.868. The first-order valence-electron chi connectivity index (χ1n) is 5.33. The van der Waals surface area contributed by atoms with Gasteiger partial charge >= 0.3 is 0 Å². The normalized spacial score (nSPS) is 10.6. The minimum atomic E-state index is 0.651. The Kier molecular flexibility index (Phi) is 3.60. The topological polar surface area (TPSA) is 63.8 Å². The minimum Gasteiger partial charge on any atom is -0.369 e. The van der Waals surface area contributed by atoms with Crippen molar-refractivity contribution in [1.29, 1.82) is 0 Å². The summed E-state index contributed by atoms with van der Waals surface area (Å²) in [6.45, 7) is 6.62. The second kappa shape index (κ2) is 4.99. The molecule has 2 heterocycles. The fourth-order valence-corrected chi connectivity index (χ4v) is 2.03. The summed E-state index contributed by atoms with van der Waals surface area (Å²) >= 11 is 2.21. The van der Waals surface area contributed by atoms with Crippen LogP contribution in [0.15, 0.2) is 10.7 Å². The molecule has 0 radical (unpaired) electrons. The van der Waals surface area contributed by atoms with E-state index in [1.54, 1.807) is 6.20 Å². The lowest BCUT2D eigenvalue weighted by Crippen LogP contribution is -2.04. The van der Waals surface area contributed by atoms with Gasteiger partial charge in [-0.3, -0.25) is 0 Å². The number of rotatable bonds is 3. The highest BCUT2D eigenvalue weighted by Crippen LogP contribution is 2.25. The van der Waals surface area contributed by atoms with Gasteiger partial charge in [0.25, 0.3) is 0 Å². The molecule has 2 rings (SSSR count). The number of aryl methyl sites for hydroxylation is 2. The molecule has 1 N–H and O–H groups in total. The summed E-state index contributed by atoms with van der Waals surface area (Å²) in [7, 11) is 0. The highest BCUT2D eigenvalue weighted by Gasteiger charge is 2.15. The summed E-state index contributed by atoms with van der Waals surface area (Å²) in [5.74, 6) is 2.24. The van der Waals surface area contributed by atoms with Gasteiger partial charge in [0.1, 0.15) is 11.6 Å². The van der Waals surface area contributed by atoms with E-state index in [9.17, 15) is 0 Å². The molecule has 0 saturated heterocycles. The summed E-state index contributed by atoms with van der Waals surface area (Å²) in [4.78, 5) is 8.82. The lowest BCUT2D eigenvalue weighted by molar-refractivity contribution is 0.393. The Morgan fingerprint density at radius 1 is 1.41 bits per heavy atom. The zero-order valence-electron chi connectivity index (χ0n) is 9.91. The number of hydrogen-bond acceptors (Lipinski definition) is 5. The molecule has 0 spiro atoms. The number of anilines is 1. The molecular formula is C11H13IN4O. The van der Waals surface area contributed by atoms with Gasteiger partial charge in [-0.15, -0.1) is 0 Å². The zero-order chi connectivity index (χ0) is 12.4. The molecule has 0 fully saturated rings. The van der Waals surface area contributed by atoms with Crippen molar-refractivity contribution in [3.8, 4) is 11.4 Å². The maximum absolute atomic E-state index is 5.13. The molecule has 0 unspecified atom stereocenters. The fourth-order valence-electron chi connectivity index (χ4n) is 1.58. The molecule has 0 atom stereocenters. The molecule has 6 heteroatoms. The summed E-state index contributed by atoms with van der Waals surface area (Å²) in [6.07, 6.45) is 1.80. The zero-order valence-corrected chi connectivity index (χ0v) is 12.1. The first-order chi connectivity index (χ1) is 8.13.